The Morgan fingerprint density at radius 1 is 1.12 bits per heavy atom. The maximum absolute atomic E-state index is 13.9. The van der Waals surface area contributed by atoms with Crippen molar-refractivity contribution in [3.63, 3.8) is 0 Å². The topological polar surface area (TPSA) is 35.5 Å². The smallest absolute Gasteiger partial charge is 0.496 e. The summed E-state index contributed by atoms with van der Waals surface area (Å²) >= 11 is 4.82. The number of carbonyl (C=O) groups is 1. The third-order valence-electron chi connectivity index (χ3n) is 2.90. The second-order valence-electron chi connectivity index (χ2n) is 4.48. The lowest BCUT2D eigenvalue weighted by atomic mass is 10.0. The van der Waals surface area contributed by atoms with Gasteiger partial charge in [-0.3, -0.25) is 4.79 Å². The number of halogens is 6. The van der Waals surface area contributed by atoms with Crippen molar-refractivity contribution in [2.24, 2.45) is 0 Å². The Morgan fingerprint density at radius 3 is 2.38 bits per heavy atom. The van der Waals surface area contributed by atoms with Crippen LogP contribution in [0, 0.1) is 9.39 Å². The summed E-state index contributed by atoms with van der Waals surface area (Å²) < 4.78 is 60.3. The zero-order chi connectivity index (χ0) is 18.1. The Kier molecular flexibility index (Phi) is 5.74. The van der Waals surface area contributed by atoms with Crippen molar-refractivity contribution in [1.29, 1.82) is 0 Å². The van der Waals surface area contributed by atoms with Crippen molar-refractivity contribution in [2.45, 2.75) is 6.36 Å². The molecule has 0 heterocycles. The van der Waals surface area contributed by atoms with Gasteiger partial charge in [-0.25, -0.2) is 4.39 Å². The Hall–Kier alpha value is -1.36. The van der Waals surface area contributed by atoms with Gasteiger partial charge in [0.1, 0.15) is 17.3 Å². The van der Waals surface area contributed by atoms with Gasteiger partial charge in [0.05, 0.1) is 22.7 Å². The maximum atomic E-state index is 13.9. The van der Waals surface area contributed by atoms with Crippen LogP contribution in [0.3, 0.4) is 0 Å². The van der Waals surface area contributed by atoms with Gasteiger partial charge >= 0.3 is 6.36 Å². The first-order valence-electron chi connectivity index (χ1n) is 6.25. The lowest BCUT2D eigenvalue weighted by molar-refractivity contribution is -0.274. The first-order valence-corrected chi connectivity index (χ1v) is 8.12. The predicted octanol–water partition coefficient (Wildman–Crippen LogP) is 5.33. The fourth-order valence-corrected chi connectivity index (χ4v) is 2.82. The maximum Gasteiger partial charge on any atom is 0.573 e. The van der Waals surface area contributed by atoms with Crippen LogP contribution in [0.5, 0.6) is 11.5 Å². The van der Waals surface area contributed by atoms with Crippen LogP contribution < -0.4 is 9.47 Å². The fraction of sp³-hybridized carbons (Fsp3) is 0.133. The van der Waals surface area contributed by atoms with E-state index in [-0.39, 0.29) is 21.3 Å². The molecule has 0 fully saturated rings. The van der Waals surface area contributed by atoms with Crippen molar-refractivity contribution in [3.8, 4) is 11.5 Å². The normalized spacial score (nSPS) is 11.3. The minimum absolute atomic E-state index is 0.0974. The van der Waals surface area contributed by atoms with Gasteiger partial charge in [-0.15, -0.1) is 13.2 Å². The van der Waals surface area contributed by atoms with Gasteiger partial charge in [0.15, 0.2) is 5.78 Å². The Balaban J connectivity index is 2.52. The highest BCUT2D eigenvalue weighted by Crippen LogP contribution is 2.37. The number of hydrogen-bond acceptors (Lipinski definition) is 3. The van der Waals surface area contributed by atoms with E-state index in [1.807, 2.05) is 22.6 Å². The third kappa shape index (κ3) is 4.38. The van der Waals surface area contributed by atoms with E-state index in [9.17, 15) is 22.4 Å². The van der Waals surface area contributed by atoms with E-state index < -0.39 is 23.7 Å². The Bertz CT molecular complexity index is 793. The standard InChI is InChI=1S/C15H8BrF4IO3/c1-23-12-6-13(24-15(18,19)20)10(16)5-9(12)14(22)8-4-7(21)2-3-11(8)17/h2-6H,1H3. The van der Waals surface area contributed by atoms with Crippen LogP contribution >= 0.6 is 38.5 Å². The van der Waals surface area contributed by atoms with Crippen molar-refractivity contribution < 1.29 is 31.8 Å². The van der Waals surface area contributed by atoms with E-state index in [0.29, 0.717) is 3.57 Å². The first-order chi connectivity index (χ1) is 11.1. The van der Waals surface area contributed by atoms with E-state index >= 15 is 0 Å². The van der Waals surface area contributed by atoms with Crippen LogP contribution in [-0.4, -0.2) is 19.3 Å². The molecule has 0 aliphatic carbocycles. The lowest BCUT2D eigenvalue weighted by Gasteiger charge is -2.14. The molecule has 2 aromatic rings. The number of hydrogen-bond donors (Lipinski definition) is 0. The summed E-state index contributed by atoms with van der Waals surface area (Å²) in [6.07, 6.45) is -4.90. The monoisotopic (exact) mass is 518 g/mol. The average molecular weight is 519 g/mol. The van der Waals surface area contributed by atoms with Crippen LogP contribution in [0.1, 0.15) is 15.9 Å². The largest absolute Gasteiger partial charge is 0.573 e. The summed E-state index contributed by atoms with van der Waals surface area (Å²) in [6.45, 7) is 0. The van der Waals surface area contributed by atoms with Gasteiger partial charge in [-0.2, -0.15) is 0 Å². The molecule has 2 rings (SSSR count). The number of alkyl halides is 3. The molecule has 0 bridgehead atoms. The molecule has 0 spiro atoms. The van der Waals surface area contributed by atoms with Gasteiger partial charge in [-0.05, 0) is 62.8 Å². The van der Waals surface area contributed by atoms with Gasteiger partial charge in [0.2, 0.25) is 0 Å². The van der Waals surface area contributed by atoms with Crippen LogP contribution in [0.15, 0.2) is 34.8 Å². The van der Waals surface area contributed by atoms with E-state index in [0.717, 1.165) is 18.2 Å². The molecule has 0 atom stereocenters. The zero-order valence-corrected chi connectivity index (χ0v) is 15.6. The molecular formula is C15H8BrF4IO3. The molecule has 0 saturated carbocycles. The third-order valence-corrected chi connectivity index (χ3v) is 4.19. The van der Waals surface area contributed by atoms with Crippen molar-refractivity contribution in [3.05, 3.63) is 55.3 Å². The molecule has 0 saturated heterocycles. The molecule has 0 amide bonds. The molecule has 9 heteroatoms. The van der Waals surface area contributed by atoms with Gasteiger partial charge < -0.3 is 9.47 Å². The molecule has 0 N–H and O–H groups in total. The summed E-state index contributed by atoms with van der Waals surface area (Å²) in [6, 6.07) is 5.97. The second-order valence-corrected chi connectivity index (χ2v) is 6.58. The van der Waals surface area contributed by atoms with E-state index in [1.165, 1.54) is 19.2 Å². The Labute approximate surface area is 156 Å². The van der Waals surface area contributed by atoms with Crippen LogP contribution in [0.2, 0.25) is 0 Å². The van der Waals surface area contributed by atoms with Crippen LogP contribution in [-0.2, 0) is 0 Å². The highest BCUT2D eigenvalue weighted by Gasteiger charge is 2.33. The van der Waals surface area contributed by atoms with E-state index in [2.05, 4.69) is 20.7 Å². The minimum atomic E-state index is -4.90. The fourth-order valence-electron chi connectivity index (χ4n) is 1.90. The second kappa shape index (κ2) is 7.26. The van der Waals surface area contributed by atoms with Crippen LogP contribution in [0.25, 0.3) is 0 Å². The average Bonchev–Trinajstić information content (AvgIpc) is 2.49. The molecule has 0 aromatic heterocycles. The highest BCUT2D eigenvalue weighted by atomic mass is 127. The molecule has 128 valence electrons. The molecule has 0 aliphatic heterocycles. The minimum Gasteiger partial charge on any atom is -0.496 e. The van der Waals surface area contributed by atoms with Crippen molar-refractivity contribution in [1.82, 2.24) is 0 Å². The van der Waals surface area contributed by atoms with Crippen molar-refractivity contribution >= 4 is 44.3 Å². The van der Waals surface area contributed by atoms with Crippen molar-refractivity contribution in [2.75, 3.05) is 7.11 Å². The van der Waals surface area contributed by atoms with Gasteiger partial charge in [0.25, 0.3) is 0 Å². The number of rotatable bonds is 4. The van der Waals surface area contributed by atoms with Gasteiger partial charge in [0, 0.05) is 9.64 Å². The molecule has 0 aliphatic rings. The zero-order valence-electron chi connectivity index (χ0n) is 11.9. The molecule has 0 radical (unpaired) electrons. The summed E-state index contributed by atoms with van der Waals surface area (Å²) in [4.78, 5) is 12.5. The summed E-state index contributed by atoms with van der Waals surface area (Å²) in [7, 11) is 1.18. The summed E-state index contributed by atoms with van der Waals surface area (Å²) in [5.41, 5.74) is -0.309. The predicted molar refractivity (Wildman–Crippen MR) is 89.9 cm³/mol. The molecule has 0 unspecified atom stereocenters. The number of carbonyl (C=O) groups excluding carboxylic acids is 1. The SMILES string of the molecule is COc1cc(OC(F)(F)F)c(Br)cc1C(=O)c1cc(I)ccc1F. The van der Waals surface area contributed by atoms with E-state index in [4.69, 9.17) is 4.74 Å². The Morgan fingerprint density at radius 2 is 1.79 bits per heavy atom. The first kappa shape index (κ1) is 19.0. The summed E-state index contributed by atoms with van der Waals surface area (Å²) in [5, 5.41) is 0. The number of benzene rings is 2. The number of methoxy groups -OCH3 is 1. The summed E-state index contributed by atoms with van der Waals surface area (Å²) in [5.74, 6) is -2.20. The molecule has 24 heavy (non-hydrogen) atoms. The van der Waals surface area contributed by atoms with Gasteiger partial charge in [-0.1, -0.05) is 0 Å². The molecule has 2 aromatic carbocycles. The van der Waals surface area contributed by atoms with E-state index in [1.54, 1.807) is 0 Å². The molecule has 3 nitrogen and oxygen atoms in total. The number of ketones is 1. The van der Waals surface area contributed by atoms with Crippen LogP contribution in [0.4, 0.5) is 17.6 Å². The highest BCUT2D eigenvalue weighted by molar-refractivity contribution is 14.1. The lowest BCUT2D eigenvalue weighted by Crippen LogP contribution is -2.18. The number of ether oxygens (including phenoxy) is 2. The quantitative estimate of drug-likeness (QED) is 0.312. The molecular weight excluding hydrogens is 511 g/mol.